The molecule has 6 rings (SSSR count). The number of aliphatic imine (C=N–C) groups is 1. The first kappa shape index (κ1) is 26.6. The first-order valence-corrected chi connectivity index (χ1v) is 14.7. The summed E-state index contributed by atoms with van der Waals surface area (Å²) in [6.07, 6.45) is 0.898. The number of nitrogens with one attached hydrogen (secondary N) is 3. The molecule has 0 radical (unpaired) electrons. The summed E-state index contributed by atoms with van der Waals surface area (Å²) in [5.41, 5.74) is 4.72. The van der Waals surface area contributed by atoms with E-state index in [-0.39, 0.29) is 16.2 Å². The van der Waals surface area contributed by atoms with E-state index in [2.05, 4.69) is 113 Å². The lowest BCUT2D eigenvalue weighted by Gasteiger charge is -2.23. The molecule has 0 unspecified atom stereocenters. The Morgan fingerprint density at radius 1 is 0.950 bits per heavy atom. The highest BCUT2D eigenvalue weighted by Gasteiger charge is 2.28. The molecule has 3 aromatic heterocycles. The van der Waals surface area contributed by atoms with Crippen LogP contribution in [-0.2, 0) is 22.7 Å². The summed E-state index contributed by atoms with van der Waals surface area (Å²) in [7, 11) is 0. The number of H-pyrrole nitrogens is 1. The first-order chi connectivity index (χ1) is 18.8. The Balaban J connectivity index is 1.28. The molecule has 7 nitrogen and oxygen atoms in total. The van der Waals surface area contributed by atoms with Crippen molar-refractivity contribution in [1.29, 1.82) is 0 Å². The van der Waals surface area contributed by atoms with Gasteiger partial charge in [0, 0.05) is 21.1 Å². The molecule has 0 bridgehead atoms. The van der Waals surface area contributed by atoms with Crippen LogP contribution in [0.15, 0.2) is 51.9 Å². The fourth-order valence-corrected chi connectivity index (χ4v) is 6.25. The van der Waals surface area contributed by atoms with Gasteiger partial charge in [0.1, 0.15) is 23.7 Å². The number of rotatable bonds is 4. The number of aromatic nitrogens is 3. The molecule has 2 aromatic carbocycles. The summed E-state index contributed by atoms with van der Waals surface area (Å²) < 4.78 is 7.36. The number of fused-ring (bicyclic) bond motifs is 3. The van der Waals surface area contributed by atoms with Crippen LogP contribution in [0.25, 0.3) is 21.2 Å². The van der Waals surface area contributed by atoms with Gasteiger partial charge in [0.05, 0.1) is 10.4 Å². The lowest BCUT2D eigenvalue weighted by molar-refractivity contribution is 0.410. The third kappa shape index (κ3) is 4.89. The van der Waals surface area contributed by atoms with Gasteiger partial charge in [-0.1, -0.05) is 73.6 Å². The Morgan fingerprint density at radius 2 is 1.75 bits per heavy atom. The molecular weight excluding hydrogens is 516 g/mol. The topological polar surface area (TPSA) is 91.1 Å². The SMILES string of the molecule is CC(C)(C)c1nc2c([nH]1)C(Nc1cccc3cc(C(C)(C)Cc4ccc5nc(C(C)(C)C)oc5c4)sc13)=NCN2. The summed E-state index contributed by atoms with van der Waals surface area (Å²) in [5.74, 6) is 3.38. The van der Waals surface area contributed by atoms with Crippen LogP contribution in [0.5, 0.6) is 0 Å². The van der Waals surface area contributed by atoms with Gasteiger partial charge < -0.3 is 20.0 Å². The number of imidazole rings is 1. The Hall–Kier alpha value is -3.65. The minimum Gasteiger partial charge on any atom is -0.440 e. The van der Waals surface area contributed by atoms with Gasteiger partial charge in [-0.25, -0.2) is 15.0 Å². The highest BCUT2D eigenvalue weighted by atomic mass is 32.1. The number of hydrogen-bond acceptors (Lipinski definition) is 7. The first-order valence-electron chi connectivity index (χ1n) is 13.9. The number of anilines is 2. The van der Waals surface area contributed by atoms with Crippen molar-refractivity contribution in [2.75, 3.05) is 17.3 Å². The molecule has 5 aromatic rings. The number of aromatic amines is 1. The van der Waals surface area contributed by atoms with E-state index in [9.17, 15) is 0 Å². The van der Waals surface area contributed by atoms with Crippen LogP contribution in [0.1, 0.15) is 83.2 Å². The predicted octanol–water partition coefficient (Wildman–Crippen LogP) is 8.12. The van der Waals surface area contributed by atoms with Crippen molar-refractivity contribution in [1.82, 2.24) is 15.0 Å². The van der Waals surface area contributed by atoms with E-state index in [0.717, 1.165) is 52.3 Å². The molecule has 0 spiro atoms. The number of amidine groups is 1. The van der Waals surface area contributed by atoms with Crippen molar-refractivity contribution in [2.24, 2.45) is 4.99 Å². The number of thiophene rings is 1. The predicted molar refractivity (Wildman–Crippen MR) is 167 cm³/mol. The standard InChI is InChI=1S/C32H38N6OS/c1-30(2,3)28-37-24-26(33-17-34-27(24)38-28)35-21-11-9-10-19-15-23(40-25(19)21)32(7,8)16-18-12-13-20-22(14-18)39-29(36-20)31(4,5)6/h9-15,34H,16-17H2,1-8H3,(H,33,35)(H,37,38). The molecular formula is C32H38N6OS. The van der Waals surface area contributed by atoms with Crippen molar-refractivity contribution < 1.29 is 4.42 Å². The van der Waals surface area contributed by atoms with Gasteiger partial charge in [-0.15, -0.1) is 11.3 Å². The summed E-state index contributed by atoms with van der Waals surface area (Å²) in [4.78, 5) is 19.1. The number of oxazole rings is 1. The lowest BCUT2D eigenvalue weighted by Crippen LogP contribution is -2.22. The van der Waals surface area contributed by atoms with Crippen molar-refractivity contribution in [2.45, 2.75) is 78.1 Å². The van der Waals surface area contributed by atoms with Crippen LogP contribution in [0.4, 0.5) is 11.5 Å². The molecule has 8 heteroatoms. The molecule has 4 heterocycles. The largest absolute Gasteiger partial charge is 0.440 e. The van der Waals surface area contributed by atoms with Gasteiger partial charge in [-0.3, -0.25) is 0 Å². The molecule has 0 saturated heterocycles. The van der Waals surface area contributed by atoms with Gasteiger partial charge in [0.15, 0.2) is 17.2 Å². The van der Waals surface area contributed by atoms with Crippen LogP contribution >= 0.6 is 11.3 Å². The van der Waals surface area contributed by atoms with E-state index >= 15 is 0 Å². The number of hydrogen-bond donors (Lipinski definition) is 3. The average Bonchev–Trinajstić information content (AvgIpc) is 3.60. The number of benzene rings is 2. The van der Waals surface area contributed by atoms with Crippen LogP contribution in [0.3, 0.4) is 0 Å². The van der Waals surface area contributed by atoms with E-state index in [1.807, 2.05) is 11.3 Å². The van der Waals surface area contributed by atoms with E-state index in [0.29, 0.717) is 6.67 Å². The minimum absolute atomic E-state index is 0.0635. The van der Waals surface area contributed by atoms with Crippen LogP contribution in [0.2, 0.25) is 0 Å². The van der Waals surface area contributed by atoms with E-state index < -0.39 is 0 Å². The quantitative estimate of drug-likeness (QED) is 0.209. The summed E-state index contributed by atoms with van der Waals surface area (Å²) in [6.45, 7) is 18.0. The minimum atomic E-state index is -0.116. The average molecular weight is 555 g/mol. The molecule has 0 aliphatic carbocycles. The zero-order chi connectivity index (χ0) is 28.4. The highest BCUT2D eigenvalue weighted by Crippen LogP contribution is 2.40. The Labute approximate surface area is 239 Å². The summed E-state index contributed by atoms with van der Waals surface area (Å²) in [6, 6.07) is 15.2. The normalized spacial score (nSPS) is 14.3. The third-order valence-corrected chi connectivity index (χ3v) is 8.89. The van der Waals surface area contributed by atoms with Gasteiger partial charge in [-0.05, 0) is 41.6 Å². The zero-order valence-corrected chi connectivity index (χ0v) is 25.4. The zero-order valence-electron chi connectivity index (χ0n) is 24.6. The maximum Gasteiger partial charge on any atom is 0.200 e. The van der Waals surface area contributed by atoms with Gasteiger partial charge >= 0.3 is 0 Å². The van der Waals surface area contributed by atoms with Crippen molar-refractivity contribution in [3.05, 3.63) is 70.3 Å². The highest BCUT2D eigenvalue weighted by molar-refractivity contribution is 7.19. The second-order valence-electron chi connectivity index (χ2n) is 13.5. The van der Waals surface area contributed by atoms with Gasteiger partial charge in [0.2, 0.25) is 5.89 Å². The monoisotopic (exact) mass is 554 g/mol. The summed E-state index contributed by atoms with van der Waals surface area (Å²) >= 11 is 1.85. The fraction of sp³-hybridized carbons (Fsp3) is 0.406. The molecule has 208 valence electrons. The Kier molecular flexibility index (Phi) is 6.11. The molecule has 0 atom stereocenters. The third-order valence-electron chi connectivity index (χ3n) is 7.34. The molecule has 0 amide bonds. The second kappa shape index (κ2) is 9.20. The summed E-state index contributed by atoms with van der Waals surface area (Å²) in [5, 5.41) is 8.15. The second-order valence-corrected chi connectivity index (χ2v) is 14.5. The smallest absolute Gasteiger partial charge is 0.200 e. The molecule has 1 aliphatic heterocycles. The maximum absolute atomic E-state index is 6.13. The van der Waals surface area contributed by atoms with Crippen molar-refractivity contribution in [3.63, 3.8) is 0 Å². The van der Waals surface area contributed by atoms with E-state index in [1.54, 1.807) is 0 Å². The van der Waals surface area contributed by atoms with Crippen molar-refractivity contribution in [3.8, 4) is 0 Å². The maximum atomic E-state index is 6.13. The molecule has 1 aliphatic rings. The molecule has 0 saturated carbocycles. The van der Waals surface area contributed by atoms with E-state index in [1.165, 1.54) is 20.5 Å². The lowest BCUT2D eigenvalue weighted by atomic mass is 9.84. The fourth-order valence-electron chi connectivity index (χ4n) is 5.02. The molecule has 40 heavy (non-hydrogen) atoms. The van der Waals surface area contributed by atoms with Crippen molar-refractivity contribution >= 4 is 49.9 Å². The molecule has 3 N–H and O–H groups in total. The van der Waals surface area contributed by atoms with Crippen LogP contribution in [-0.4, -0.2) is 27.5 Å². The van der Waals surface area contributed by atoms with Gasteiger partial charge in [-0.2, -0.15) is 0 Å². The van der Waals surface area contributed by atoms with Gasteiger partial charge in [0.25, 0.3) is 0 Å². The number of nitrogens with zero attached hydrogens (tertiary/aromatic N) is 3. The Bertz CT molecular complexity index is 1760. The Morgan fingerprint density at radius 3 is 2.50 bits per heavy atom. The van der Waals surface area contributed by atoms with Crippen LogP contribution < -0.4 is 10.6 Å². The molecule has 0 fully saturated rings. The van der Waals surface area contributed by atoms with Crippen LogP contribution in [0, 0.1) is 0 Å². The van der Waals surface area contributed by atoms with E-state index in [4.69, 9.17) is 19.4 Å².